The van der Waals surface area contributed by atoms with Gasteiger partial charge in [-0.15, -0.1) is 11.3 Å². The van der Waals surface area contributed by atoms with Gasteiger partial charge in [0.1, 0.15) is 6.21 Å². The molecule has 5 heteroatoms. The molecule has 0 aromatic carbocycles. The van der Waals surface area contributed by atoms with Gasteiger partial charge >= 0.3 is 0 Å². The molecular weight excluding hydrogens is 176 g/mol. The first-order valence-electron chi connectivity index (χ1n) is 3.22. The Bertz CT molecular complexity index is 269. The SMILES string of the molecule is [NH]C(=O)/C=N\OCc1cccs1. The molecule has 0 aliphatic rings. The van der Waals surface area contributed by atoms with Crippen LogP contribution >= 0.6 is 11.3 Å². The van der Waals surface area contributed by atoms with Gasteiger partial charge in [0.15, 0.2) is 6.61 Å². The Morgan fingerprint density at radius 1 is 1.83 bits per heavy atom. The minimum absolute atomic E-state index is 0.349. The van der Waals surface area contributed by atoms with Crippen molar-refractivity contribution in [1.29, 1.82) is 0 Å². The molecule has 1 amide bonds. The van der Waals surface area contributed by atoms with Gasteiger partial charge in [-0.1, -0.05) is 11.2 Å². The van der Waals surface area contributed by atoms with Crippen LogP contribution in [-0.4, -0.2) is 12.1 Å². The number of carbonyl (C=O) groups is 1. The molecule has 1 N–H and O–H groups in total. The molecule has 0 spiro atoms. The van der Waals surface area contributed by atoms with E-state index >= 15 is 0 Å². The highest BCUT2D eigenvalue weighted by molar-refractivity contribution is 7.09. The molecule has 4 nitrogen and oxygen atoms in total. The maximum absolute atomic E-state index is 10.0. The predicted molar refractivity (Wildman–Crippen MR) is 45.7 cm³/mol. The van der Waals surface area contributed by atoms with Crippen molar-refractivity contribution in [3.8, 4) is 0 Å². The fourth-order valence-electron chi connectivity index (χ4n) is 0.581. The number of hydrogen-bond donors (Lipinski definition) is 0. The Balaban J connectivity index is 2.23. The van der Waals surface area contributed by atoms with Crippen molar-refractivity contribution in [2.45, 2.75) is 6.61 Å². The number of nitrogens with one attached hydrogen (secondary N) is 1. The lowest BCUT2D eigenvalue weighted by atomic mass is 10.5. The molecule has 0 aliphatic carbocycles. The van der Waals surface area contributed by atoms with Crippen molar-refractivity contribution in [3.05, 3.63) is 22.4 Å². The highest BCUT2D eigenvalue weighted by Gasteiger charge is 1.91. The molecule has 0 saturated heterocycles. The summed E-state index contributed by atoms with van der Waals surface area (Å²) < 4.78 is 0. The fourth-order valence-corrected chi connectivity index (χ4v) is 1.19. The fraction of sp³-hybridized carbons (Fsp3) is 0.143. The van der Waals surface area contributed by atoms with Crippen LogP contribution in [0.5, 0.6) is 0 Å². The van der Waals surface area contributed by atoms with Crippen LogP contribution in [0, 0.1) is 0 Å². The minimum atomic E-state index is -0.860. The molecule has 12 heavy (non-hydrogen) atoms. The van der Waals surface area contributed by atoms with Gasteiger partial charge in [-0.25, -0.2) is 0 Å². The standard InChI is InChI=1S/C7H7N2O2S/c8-7(10)4-9-11-5-6-2-1-3-12-6/h1-4,8H,5H2/b9-4-. The van der Waals surface area contributed by atoms with E-state index in [0.29, 0.717) is 6.61 Å². The maximum atomic E-state index is 10.0. The Hall–Kier alpha value is -1.36. The summed E-state index contributed by atoms with van der Waals surface area (Å²) in [6.07, 6.45) is 0.827. The van der Waals surface area contributed by atoms with Crippen molar-refractivity contribution in [1.82, 2.24) is 5.73 Å². The maximum Gasteiger partial charge on any atom is 0.284 e. The topological polar surface area (TPSA) is 62.5 Å². The van der Waals surface area contributed by atoms with Crippen LogP contribution in [0.25, 0.3) is 0 Å². The largest absolute Gasteiger partial charge is 0.390 e. The Morgan fingerprint density at radius 2 is 2.67 bits per heavy atom. The lowest BCUT2D eigenvalue weighted by molar-refractivity contribution is -0.112. The molecule has 0 aliphatic heterocycles. The number of rotatable bonds is 4. The van der Waals surface area contributed by atoms with Crippen LogP contribution < -0.4 is 5.73 Å². The van der Waals surface area contributed by atoms with Gasteiger partial charge in [-0.05, 0) is 11.4 Å². The van der Waals surface area contributed by atoms with Gasteiger partial charge in [-0.3, -0.25) is 10.5 Å². The second kappa shape index (κ2) is 4.50. The molecule has 1 heterocycles. The van der Waals surface area contributed by atoms with Gasteiger partial charge in [0.25, 0.3) is 5.91 Å². The van der Waals surface area contributed by atoms with E-state index in [-0.39, 0.29) is 0 Å². The quantitative estimate of drug-likeness (QED) is 0.517. The second-order valence-corrected chi connectivity index (χ2v) is 2.98. The zero-order valence-corrected chi connectivity index (χ0v) is 7.00. The van der Waals surface area contributed by atoms with E-state index in [4.69, 9.17) is 10.6 Å². The second-order valence-electron chi connectivity index (χ2n) is 1.95. The molecule has 0 atom stereocenters. The molecule has 1 aromatic rings. The van der Waals surface area contributed by atoms with E-state index in [1.807, 2.05) is 17.5 Å². The number of amides is 1. The Kier molecular flexibility index (Phi) is 3.28. The third-order valence-corrected chi connectivity index (χ3v) is 1.88. The lowest BCUT2D eigenvalue weighted by Gasteiger charge is -1.92. The molecule has 0 unspecified atom stereocenters. The number of nitrogens with zero attached hydrogens (tertiary/aromatic N) is 1. The van der Waals surface area contributed by atoms with Crippen molar-refractivity contribution in [2.24, 2.45) is 5.16 Å². The highest BCUT2D eigenvalue weighted by Crippen LogP contribution is 2.09. The average Bonchev–Trinajstić information content (AvgIpc) is 2.49. The summed E-state index contributed by atoms with van der Waals surface area (Å²) in [4.78, 5) is 15.8. The van der Waals surface area contributed by atoms with Crippen LogP contribution in [0.2, 0.25) is 0 Å². The van der Waals surface area contributed by atoms with E-state index < -0.39 is 5.91 Å². The first kappa shape index (κ1) is 8.73. The van der Waals surface area contributed by atoms with Crippen molar-refractivity contribution >= 4 is 23.5 Å². The molecule has 1 aromatic heterocycles. The molecule has 1 rings (SSSR count). The van der Waals surface area contributed by atoms with E-state index in [1.165, 1.54) is 0 Å². The van der Waals surface area contributed by atoms with Crippen LogP contribution in [0.1, 0.15) is 4.88 Å². The van der Waals surface area contributed by atoms with Crippen LogP contribution in [-0.2, 0) is 16.2 Å². The number of hydrogen-bond acceptors (Lipinski definition) is 4. The van der Waals surface area contributed by atoms with Crippen LogP contribution in [0.3, 0.4) is 0 Å². The lowest BCUT2D eigenvalue weighted by Crippen LogP contribution is -1.98. The first-order chi connectivity index (χ1) is 5.79. The summed E-state index contributed by atoms with van der Waals surface area (Å²) in [6, 6.07) is 3.81. The Labute approximate surface area is 73.6 Å². The normalized spacial score (nSPS) is 10.3. The van der Waals surface area contributed by atoms with Crippen molar-refractivity contribution < 1.29 is 9.63 Å². The van der Waals surface area contributed by atoms with Gasteiger partial charge in [0.05, 0.1) is 0 Å². The van der Waals surface area contributed by atoms with Gasteiger partial charge < -0.3 is 4.84 Å². The number of carbonyl (C=O) groups excluding carboxylic acids is 1. The molecule has 0 saturated carbocycles. The zero-order chi connectivity index (χ0) is 8.81. The molecule has 1 radical (unpaired) electrons. The summed E-state index contributed by atoms with van der Waals surface area (Å²) in [5, 5.41) is 5.22. The Morgan fingerprint density at radius 3 is 3.25 bits per heavy atom. The first-order valence-corrected chi connectivity index (χ1v) is 4.10. The summed E-state index contributed by atoms with van der Waals surface area (Å²) in [5.41, 5.74) is 6.47. The van der Waals surface area contributed by atoms with Gasteiger partial charge in [-0.2, -0.15) is 0 Å². The number of thiophene rings is 1. The summed E-state index contributed by atoms with van der Waals surface area (Å²) in [5.74, 6) is -0.860. The van der Waals surface area contributed by atoms with Crippen molar-refractivity contribution in [2.75, 3.05) is 0 Å². The zero-order valence-electron chi connectivity index (χ0n) is 6.19. The van der Waals surface area contributed by atoms with E-state index in [1.54, 1.807) is 11.3 Å². The monoisotopic (exact) mass is 183 g/mol. The average molecular weight is 183 g/mol. The van der Waals surface area contributed by atoms with E-state index in [2.05, 4.69) is 5.16 Å². The summed E-state index contributed by atoms with van der Waals surface area (Å²) in [6.45, 7) is 0.349. The highest BCUT2D eigenvalue weighted by atomic mass is 32.1. The predicted octanol–water partition coefficient (Wildman–Crippen LogP) is 1.06. The molecule has 0 bridgehead atoms. The van der Waals surface area contributed by atoms with Gasteiger partial charge in [0, 0.05) is 4.88 Å². The third-order valence-electron chi connectivity index (χ3n) is 1.03. The minimum Gasteiger partial charge on any atom is -0.390 e. The smallest absolute Gasteiger partial charge is 0.284 e. The molecule has 63 valence electrons. The number of oxime groups is 1. The molecular formula is C7H7N2O2S. The van der Waals surface area contributed by atoms with Gasteiger partial charge in [0.2, 0.25) is 0 Å². The van der Waals surface area contributed by atoms with Crippen molar-refractivity contribution in [3.63, 3.8) is 0 Å². The molecule has 0 fully saturated rings. The summed E-state index contributed by atoms with van der Waals surface area (Å²) in [7, 11) is 0. The van der Waals surface area contributed by atoms with E-state index in [0.717, 1.165) is 11.1 Å². The van der Waals surface area contributed by atoms with E-state index in [9.17, 15) is 4.79 Å². The summed E-state index contributed by atoms with van der Waals surface area (Å²) >= 11 is 1.55. The van der Waals surface area contributed by atoms with Crippen LogP contribution in [0.15, 0.2) is 22.7 Å². The van der Waals surface area contributed by atoms with Crippen LogP contribution in [0.4, 0.5) is 0 Å². The third kappa shape index (κ3) is 3.16.